The molecule has 0 bridgehead atoms. The lowest BCUT2D eigenvalue weighted by Gasteiger charge is -2.09. The Labute approximate surface area is 191 Å². The summed E-state index contributed by atoms with van der Waals surface area (Å²) in [6.07, 6.45) is 14.0. The highest BCUT2D eigenvalue weighted by atomic mass is 32.2. The predicted octanol–water partition coefficient (Wildman–Crippen LogP) is 8.14. The molecular formula is C28H34O2S. The Morgan fingerprint density at radius 2 is 0.968 bits per heavy atom. The third-order valence-electron chi connectivity index (χ3n) is 7.10. The maximum absolute atomic E-state index is 12.5. The average Bonchev–Trinajstić information content (AvgIpc) is 3.51. The van der Waals surface area contributed by atoms with E-state index in [0.717, 1.165) is 45.6 Å². The maximum atomic E-state index is 12.5. The highest BCUT2D eigenvalue weighted by molar-refractivity contribution is 7.99. The predicted molar refractivity (Wildman–Crippen MR) is 128 cm³/mol. The molecule has 31 heavy (non-hydrogen) atoms. The zero-order chi connectivity index (χ0) is 21.5. The van der Waals surface area contributed by atoms with Crippen molar-refractivity contribution >= 4 is 23.3 Å². The summed E-state index contributed by atoms with van der Waals surface area (Å²) in [6.45, 7) is 0. The fourth-order valence-corrected chi connectivity index (χ4v) is 5.93. The third kappa shape index (κ3) is 6.55. The van der Waals surface area contributed by atoms with E-state index in [1.54, 1.807) is 11.8 Å². The molecule has 2 saturated carbocycles. The maximum Gasteiger partial charge on any atom is 0.162 e. The summed E-state index contributed by atoms with van der Waals surface area (Å²) in [5, 5.41) is 0. The van der Waals surface area contributed by atoms with Crippen LogP contribution in [0.2, 0.25) is 0 Å². The lowest BCUT2D eigenvalue weighted by molar-refractivity contribution is 0.0966. The van der Waals surface area contributed by atoms with Crippen molar-refractivity contribution in [3.63, 3.8) is 0 Å². The molecule has 0 radical (unpaired) electrons. The molecule has 3 heteroatoms. The third-order valence-corrected chi connectivity index (χ3v) is 8.11. The Kier molecular flexibility index (Phi) is 8.02. The van der Waals surface area contributed by atoms with E-state index in [2.05, 4.69) is 0 Å². The summed E-state index contributed by atoms with van der Waals surface area (Å²) in [4.78, 5) is 27.2. The van der Waals surface area contributed by atoms with E-state index >= 15 is 0 Å². The zero-order valence-electron chi connectivity index (χ0n) is 18.5. The normalized spacial score (nSPS) is 17.3. The van der Waals surface area contributed by atoms with Crippen LogP contribution in [0.25, 0.3) is 0 Å². The summed E-state index contributed by atoms with van der Waals surface area (Å²) in [5.74, 6) is 2.06. The van der Waals surface area contributed by atoms with Crippen molar-refractivity contribution in [2.75, 3.05) is 0 Å². The van der Waals surface area contributed by atoms with E-state index in [0.29, 0.717) is 12.8 Å². The van der Waals surface area contributed by atoms with Gasteiger partial charge in [-0.2, -0.15) is 0 Å². The first kappa shape index (κ1) is 22.3. The van der Waals surface area contributed by atoms with Crippen molar-refractivity contribution in [2.45, 2.75) is 86.8 Å². The minimum atomic E-state index is 0.268. The van der Waals surface area contributed by atoms with Gasteiger partial charge < -0.3 is 0 Å². The van der Waals surface area contributed by atoms with Crippen molar-refractivity contribution < 1.29 is 9.59 Å². The molecule has 2 fully saturated rings. The van der Waals surface area contributed by atoms with Gasteiger partial charge in [-0.3, -0.25) is 9.59 Å². The van der Waals surface area contributed by atoms with Gasteiger partial charge in [-0.15, -0.1) is 0 Å². The summed E-state index contributed by atoms with van der Waals surface area (Å²) in [5.41, 5.74) is 1.65. The molecule has 2 aromatic rings. The number of rotatable bonds is 10. The van der Waals surface area contributed by atoms with Crippen LogP contribution in [0.1, 0.15) is 97.8 Å². The van der Waals surface area contributed by atoms with Gasteiger partial charge in [0.15, 0.2) is 11.6 Å². The Morgan fingerprint density at radius 3 is 1.32 bits per heavy atom. The molecule has 2 aliphatic carbocycles. The Hall–Kier alpha value is -1.87. The molecular weight excluding hydrogens is 400 g/mol. The first-order valence-corrected chi connectivity index (χ1v) is 12.9. The van der Waals surface area contributed by atoms with Crippen LogP contribution in [0.4, 0.5) is 0 Å². The number of hydrogen-bond acceptors (Lipinski definition) is 3. The van der Waals surface area contributed by atoms with Gasteiger partial charge in [0, 0.05) is 33.8 Å². The Balaban J connectivity index is 1.25. The first-order valence-electron chi connectivity index (χ1n) is 12.1. The van der Waals surface area contributed by atoms with Gasteiger partial charge in [-0.25, -0.2) is 0 Å². The fourth-order valence-electron chi connectivity index (χ4n) is 5.11. The van der Waals surface area contributed by atoms with E-state index < -0.39 is 0 Å². The van der Waals surface area contributed by atoms with E-state index in [1.165, 1.54) is 51.4 Å². The van der Waals surface area contributed by atoms with Gasteiger partial charge >= 0.3 is 0 Å². The van der Waals surface area contributed by atoms with Crippen LogP contribution in [0.15, 0.2) is 58.3 Å². The highest BCUT2D eigenvalue weighted by Crippen LogP contribution is 2.31. The van der Waals surface area contributed by atoms with Crippen molar-refractivity contribution in [3.05, 3.63) is 59.7 Å². The minimum Gasteiger partial charge on any atom is -0.294 e. The molecule has 0 saturated heterocycles. The SMILES string of the molecule is O=C(CCC1CCCC1)c1ccc(Sc2ccc(C(=O)CCC3CCCC3)cc2)cc1. The van der Waals surface area contributed by atoms with Crippen LogP contribution in [0.5, 0.6) is 0 Å². The van der Waals surface area contributed by atoms with Crippen LogP contribution in [0, 0.1) is 11.8 Å². The van der Waals surface area contributed by atoms with Crippen molar-refractivity contribution in [1.29, 1.82) is 0 Å². The molecule has 164 valence electrons. The van der Waals surface area contributed by atoms with Gasteiger partial charge in [0.1, 0.15) is 0 Å². The molecule has 0 N–H and O–H groups in total. The standard InChI is InChI=1S/C28H34O2S/c29-27(19-9-21-5-1-2-6-21)23-11-15-25(16-12-23)31-26-17-13-24(14-18-26)28(30)20-10-22-7-3-4-8-22/h11-18,21-22H,1-10,19-20H2. The monoisotopic (exact) mass is 434 g/mol. The molecule has 0 aliphatic heterocycles. The van der Waals surface area contributed by atoms with Crippen molar-refractivity contribution in [2.24, 2.45) is 11.8 Å². The largest absolute Gasteiger partial charge is 0.294 e. The number of carbonyl (C=O) groups is 2. The van der Waals surface area contributed by atoms with Gasteiger partial charge in [0.05, 0.1) is 0 Å². The van der Waals surface area contributed by atoms with E-state index in [4.69, 9.17) is 0 Å². The molecule has 2 aliphatic rings. The van der Waals surface area contributed by atoms with E-state index in [9.17, 15) is 9.59 Å². The summed E-state index contributed by atoms with van der Waals surface area (Å²) < 4.78 is 0. The molecule has 0 heterocycles. The molecule has 0 unspecified atom stereocenters. The first-order chi connectivity index (χ1) is 15.2. The Morgan fingerprint density at radius 1 is 0.613 bits per heavy atom. The van der Waals surface area contributed by atoms with Crippen LogP contribution in [-0.2, 0) is 0 Å². The van der Waals surface area contributed by atoms with Crippen LogP contribution in [0.3, 0.4) is 0 Å². The minimum absolute atomic E-state index is 0.268. The molecule has 0 atom stereocenters. The number of benzene rings is 2. The van der Waals surface area contributed by atoms with Crippen LogP contribution < -0.4 is 0 Å². The zero-order valence-corrected chi connectivity index (χ0v) is 19.3. The number of ketones is 2. The number of carbonyl (C=O) groups excluding carboxylic acids is 2. The fraction of sp³-hybridized carbons (Fsp3) is 0.500. The smallest absolute Gasteiger partial charge is 0.162 e. The van der Waals surface area contributed by atoms with Crippen molar-refractivity contribution in [1.82, 2.24) is 0 Å². The molecule has 4 rings (SSSR count). The molecule has 0 spiro atoms. The second-order valence-corrected chi connectivity index (χ2v) is 10.5. The number of hydrogen-bond donors (Lipinski definition) is 0. The lowest BCUT2D eigenvalue weighted by atomic mass is 9.97. The summed E-state index contributed by atoms with van der Waals surface area (Å²) in [6, 6.07) is 16.0. The van der Waals surface area contributed by atoms with Gasteiger partial charge in [-0.1, -0.05) is 87.4 Å². The molecule has 0 aromatic heterocycles. The quantitative estimate of drug-likeness (QED) is 0.354. The van der Waals surface area contributed by atoms with Crippen molar-refractivity contribution in [3.8, 4) is 0 Å². The number of Topliss-reactive ketones (excluding diaryl/α,β-unsaturated/α-hetero) is 2. The van der Waals surface area contributed by atoms with Gasteiger partial charge in [0.25, 0.3) is 0 Å². The summed E-state index contributed by atoms with van der Waals surface area (Å²) >= 11 is 1.67. The van der Waals surface area contributed by atoms with E-state index in [-0.39, 0.29) is 11.6 Å². The molecule has 2 aromatic carbocycles. The van der Waals surface area contributed by atoms with Crippen LogP contribution >= 0.6 is 11.8 Å². The Bertz CT molecular complexity index is 783. The molecule has 0 amide bonds. The van der Waals surface area contributed by atoms with E-state index in [1.807, 2.05) is 48.5 Å². The second kappa shape index (κ2) is 11.1. The average molecular weight is 435 g/mol. The summed E-state index contributed by atoms with van der Waals surface area (Å²) in [7, 11) is 0. The highest BCUT2D eigenvalue weighted by Gasteiger charge is 2.18. The second-order valence-electron chi connectivity index (χ2n) is 9.38. The van der Waals surface area contributed by atoms with Crippen LogP contribution in [-0.4, -0.2) is 11.6 Å². The van der Waals surface area contributed by atoms with Gasteiger partial charge in [-0.05, 0) is 48.9 Å². The lowest BCUT2D eigenvalue weighted by Crippen LogP contribution is -2.03. The molecule has 2 nitrogen and oxygen atoms in total. The van der Waals surface area contributed by atoms with Gasteiger partial charge in [0.2, 0.25) is 0 Å². The topological polar surface area (TPSA) is 34.1 Å².